The fraction of sp³-hybridized carbons (Fsp3) is 0.0588. The van der Waals surface area contributed by atoms with Gasteiger partial charge in [-0.1, -0.05) is 24.8 Å². The molecule has 0 heterocycles. The first-order valence-corrected chi connectivity index (χ1v) is 8.38. The third-order valence-electron chi connectivity index (χ3n) is 2.96. The highest BCUT2D eigenvalue weighted by Gasteiger charge is 2.18. The molecular weight excluding hydrogens is 330 g/mol. The number of sulfonamides is 1. The molecule has 7 heteroatoms. The van der Waals surface area contributed by atoms with E-state index in [0.717, 1.165) is 0 Å². The topological polar surface area (TPSA) is 89.5 Å². The average Bonchev–Trinajstić information content (AvgIpc) is 2.55. The van der Waals surface area contributed by atoms with Crippen LogP contribution >= 0.6 is 0 Å². The summed E-state index contributed by atoms with van der Waals surface area (Å²) in [7, 11) is -4.03. The Morgan fingerprint density at radius 3 is 2.12 bits per heavy atom. The Morgan fingerprint density at radius 1 is 1.00 bits per heavy atom. The van der Waals surface area contributed by atoms with Crippen LogP contribution in [0, 0.1) is 0 Å². The van der Waals surface area contributed by atoms with Crippen LogP contribution in [0.2, 0.25) is 0 Å². The van der Waals surface area contributed by atoms with Gasteiger partial charge in [0.05, 0.1) is 4.90 Å². The molecule has 0 aliphatic rings. The van der Waals surface area contributed by atoms with Gasteiger partial charge in [-0.3, -0.25) is 4.79 Å². The van der Waals surface area contributed by atoms with Gasteiger partial charge in [-0.15, -0.1) is 0 Å². The molecule has 0 radical (unpaired) electrons. The molecular formula is C17H15NO5S. The van der Waals surface area contributed by atoms with Crippen LogP contribution in [0.3, 0.4) is 0 Å². The first kappa shape index (κ1) is 17.4. The van der Waals surface area contributed by atoms with E-state index in [9.17, 15) is 18.0 Å². The van der Waals surface area contributed by atoms with Crippen molar-refractivity contribution in [3.63, 3.8) is 0 Å². The van der Waals surface area contributed by atoms with Gasteiger partial charge in [-0.2, -0.15) is 0 Å². The number of benzene rings is 2. The molecule has 1 amide bonds. The van der Waals surface area contributed by atoms with E-state index in [-0.39, 0.29) is 21.8 Å². The summed E-state index contributed by atoms with van der Waals surface area (Å²) >= 11 is 0. The molecule has 0 spiro atoms. The molecule has 124 valence electrons. The monoisotopic (exact) mass is 345 g/mol. The summed E-state index contributed by atoms with van der Waals surface area (Å²) in [5.41, 5.74) is 0.454. The first-order chi connectivity index (χ1) is 11.3. The Labute approximate surface area is 139 Å². The minimum atomic E-state index is -4.03. The van der Waals surface area contributed by atoms with Gasteiger partial charge in [0, 0.05) is 11.1 Å². The van der Waals surface area contributed by atoms with Gasteiger partial charge >= 0.3 is 5.97 Å². The Balaban J connectivity index is 2.13. The summed E-state index contributed by atoms with van der Waals surface area (Å²) in [6.45, 7) is 4.95. The lowest BCUT2D eigenvalue weighted by Crippen LogP contribution is -2.30. The molecule has 0 atom stereocenters. The van der Waals surface area contributed by atoms with E-state index in [1.54, 1.807) is 18.2 Å². The fourth-order valence-corrected chi connectivity index (χ4v) is 2.68. The summed E-state index contributed by atoms with van der Waals surface area (Å²) in [6, 6.07) is 13.1. The second kappa shape index (κ2) is 7.10. The van der Waals surface area contributed by atoms with E-state index in [2.05, 4.69) is 6.58 Å². The lowest BCUT2D eigenvalue weighted by molar-refractivity contribution is -0.130. The summed E-state index contributed by atoms with van der Waals surface area (Å²) in [5.74, 6) is -1.16. The van der Waals surface area contributed by atoms with E-state index >= 15 is 0 Å². The van der Waals surface area contributed by atoms with Gasteiger partial charge < -0.3 is 4.74 Å². The van der Waals surface area contributed by atoms with Crippen LogP contribution < -0.4 is 9.46 Å². The summed E-state index contributed by atoms with van der Waals surface area (Å²) in [6.07, 6.45) is 0. The summed E-state index contributed by atoms with van der Waals surface area (Å²) < 4.78 is 31.4. The SMILES string of the molecule is C=C(C)C(=O)Oc1ccc(S(=O)(=O)NC(=O)c2ccccc2)cc1. The quantitative estimate of drug-likeness (QED) is 0.510. The molecule has 0 saturated heterocycles. The Kier molecular flexibility index (Phi) is 5.15. The molecule has 2 aromatic rings. The molecule has 24 heavy (non-hydrogen) atoms. The molecule has 6 nitrogen and oxygen atoms in total. The predicted octanol–water partition coefficient (Wildman–Crippen LogP) is 2.29. The van der Waals surface area contributed by atoms with E-state index in [1.165, 1.54) is 43.3 Å². The van der Waals surface area contributed by atoms with E-state index < -0.39 is 21.9 Å². The number of hydrogen-bond donors (Lipinski definition) is 1. The van der Waals surface area contributed by atoms with Gasteiger partial charge in [-0.05, 0) is 43.3 Å². The molecule has 0 fully saturated rings. The van der Waals surface area contributed by atoms with Crippen molar-refractivity contribution in [3.05, 3.63) is 72.3 Å². The number of carbonyl (C=O) groups excluding carboxylic acids is 2. The maximum Gasteiger partial charge on any atom is 0.338 e. The van der Waals surface area contributed by atoms with E-state index in [1.807, 2.05) is 4.72 Å². The van der Waals surface area contributed by atoms with Crippen LogP contribution in [0.1, 0.15) is 17.3 Å². The number of nitrogens with one attached hydrogen (secondary N) is 1. The van der Waals surface area contributed by atoms with Crippen molar-refractivity contribution in [2.45, 2.75) is 11.8 Å². The average molecular weight is 345 g/mol. The largest absolute Gasteiger partial charge is 0.423 e. The number of carbonyl (C=O) groups is 2. The van der Waals surface area contributed by atoms with Crippen molar-refractivity contribution in [1.29, 1.82) is 0 Å². The highest BCUT2D eigenvalue weighted by Crippen LogP contribution is 2.17. The standard InChI is InChI=1S/C17H15NO5S/c1-12(2)17(20)23-14-8-10-15(11-9-14)24(21,22)18-16(19)13-6-4-3-5-7-13/h3-11H,1H2,2H3,(H,18,19). The zero-order valence-electron chi connectivity index (χ0n) is 12.9. The lowest BCUT2D eigenvalue weighted by Gasteiger charge is -2.08. The highest BCUT2D eigenvalue weighted by molar-refractivity contribution is 7.90. The molecule has 0 bridgehead atoms. The third-order valence-corrected chi connectivity index (χ3v) is 4.30. The molecule has 0 saturated carbocycles. The van der Waals surface area contributed by atoms with Crippen LogP contribution in [-0.2, 0) is 14.8 Å². The Morgan fingerprint density at radius 2 is 1.58 bits per heavy atom. The van der Waals surface area contributed by atoms with E-state index in [0.29, 0.717) is 0 Å². The van der Waals surface area contributed by atoms with Gasteiger partial charge in [-0.25, -0.2) is 17.9 Å². The Hall–Kier alpha value is -2.93. The van der Waals surface area contributed by atoms with Crippen LogP contribution in [0.5, 0.6) is 5.75 Å². The van der Waals surface area contributed by atoms with Crippen LogP contribution in [0.4, 0.5) is 0 Å². The third kappa shape index (κ3) is 4.30. The van der Waals surface area contributed by atoms with Crippen molar-refractivity contribution in [1.82, 2.24) is 4.72 Å². The normalized spacial score (nSPS) is 10.7. The molecule has 2 aromatic carbocycles. The minimum Gasteiger partial charge on any atom is -0.423 e. The van der Waals surface area contributed by atoms with Crippen LogP contribution in [0.25, 0.3) is 0 Å². The molecule has 0 aliphatic heterocycles. The Bertz CT molecular complexity index is 871. The van der Waals surface area contributed by atoms with Crippen molar-refractivity contribution in [2.75, 3.05) is 0 Å². The zero-order valence-corrected chi connectivity index (χ0v) is 13.7. The summed E-state index contributed by atoms with van der Waals surface area (Å²) in [4.78, 5) is 23.2. The molecule has 1 N–H and O–H groups in total. The van der Waals surface area contributed by atoms with Crippen molar-refractivity contribution < 1.29 is 22.7 Å². The zero-order chi connectivity index (χ0) is 17.7. The number of hydrogen-bond acceptors (Lipinski definition) is 5. The smallest absolute Gasteiger partial charge is 0.338 e. The van der Waals surface area contributed by atoms with Crippen LogP contribution in [-0.4, -0.2) is 20.3 Å². The molecule has 0 aliphatic carbocycles. The van der Waals surface area contributed by atoms with Crippen molar-refractivity contribution in [3.8, 4) is 5.75 Å². The van der Waals surface area contributed by atoms with Crippen LogP contribution in [0.15, 0.2) is 71.6 Å². The number of rotatable bonds is 5. The van der Waals surface area contributed by atoms with Crippen molar-refractivity contribution in [2.24, 2.45) is 0 Å². The highest BCUT2D eigenvalue weighted by atomic mass is 32.2. The first-order valence-electron chi connectivity index (χ1n) is 6.89. The number of esters is 1. The van der Waals surface area contributed by atoms with Gasteiger partial charge in [0.25, 0.3) is 15.9 Å². The second-order valence-corrected chi connectivity index (χ2v) is 6.62. The molecule has 0 unspecified atom stereocenters. The predicted molar refractivity (Wildman–Crippen MR) is 88.0 cm³/mol. The fourth-order valence-electron chi connectivity index (χ4n) is 1.71. The summed E-state index contributed by atoms with van der Waals surface area (Å²) in [5, 5.41) is 0. The molecule has 2 rings (SSSR count). The lowest BCUT2D eigenvalue weighted by atomic mass is 10.2. The second-order valence-electron chi connectivity index (χ2n) is 4.94. The number of amides is 1. The van der Waals surface area contributed by atoms with E-state index in [4.69, 9.17) is 4.74 Å². The number of ether oxygens (including phenoxy) is 1. The molecule has 0 aromatic heterocycles. The maximum atomic E-state index is 12.2. The maximum absolute atomic E-state index is 12.2. The van der Waals surface area contributed by atoms with Crippen molar-refractivity contribution >= 4 is 21.9 Å². The van der Waals surface area contributed by atoms with Gasteiger partial charge in [0.2, 0.25) is 0 Å². The minimum absolute atomic E-state index is 0.123. The van der Waals surface area contributed by atoms with Gasteiger partial charge in [0.15, 0.2) is 0 Å². The van der Waals surface area contributed by atoms with Gasteiger partial charge in [0.1, 0.15) is 5.75 Å².